The molecule has 0 nitrogen and oxygen atoms in total. The molecule has 0 aliphatic rings. The lowest BCUT2D eigenvalue weighted by molar-refractivity contribution is 0.228. The highest BCUT2D eigenvalue weighted by Gasteiger charge is 2.32. The first-order valence-electron chi connectivity index (χ1n) is 4.48. The third kappa shape index (κ3) is 3.42. The van der Waals surface area contributed by atoms with Crippen LogP contribution in [0.1, 0.15) is 0 Å². The molecule has 1 rings (SSSR count). The Balaban J connectivity index is 2.49. The zero-order chi connectivity index (χ0) is 10.6. The maximum Gasteiger partial charge on any atom is 0.221 e. The number of alkyl halides is 2. The Morgan fingerprint density at radius 3 is 2.29 bits per heavy atom. The van der Waals surface area contributed by atoms with E-state index < -0.39 is 14.1 Å². The van der Waals surface area contributed by atoms with Gasteiger partial charge in [0.05, 0.1) is 0 Å². The van der Waals surface area contributed by atoms with Crippen LogP contribution < -0.4 is 0 Å². The van der Waals surface area contributed by atoms with Gasteiger partial charge in [-0.2, -0.15) is 0 Å². The predicted octanol–water partition coefficient (Wildman–Crippen LogP) is 3.83. The van der Waals surface area contributed by atoms with Gasteiger partial charge in [0.2, 0.25) is 6.05 Å². The zero-order valence-electron chi connectivity index (χ0n) is 8.34. The third-order valence-corrected chi connectivity index (χ3v) is 7.29. The molecule has 0 heterocycles. The first-order valence-corrected chi connectivity index (χ1v) is 8.75. The molecule has 0 spiro atoms. The SMILES string of the molecule is C[Si](C)(CSc1ccccc1)C(F)F. The van der Waals surface area contributed by atoms with Gasteiger partial charge in [-0.3, -0.25) is 0 Å². The van der Waals surface area contributed by atoms with Crippen LogP contribution >= 0.6 is 11.8 Å². The zero-order valence-corrected chi connectivity index (χ0v) is 10.2. The van der Waals surface area contributed by atoms with Crippen molar-refractivity contribution in [1.82, 2.24) is 0 Å². The second-order valence-electron chi connectivity index (χ2n) is 3.89. The molecule has 1 aromatic carbocycles. The van der Waals surface area contributed by atoms with E-state index in [0.717, 1.165) is 4.90 Å². The molecule has 0 radical (unpaired) electrons. The molecule has 0 aromatic heterocycles. The summed E-state index contributed by atoms with van der Waals surface area (Å²) in [5, 5.41) is 0.578. The first kappa shape index (κ1) is 11.7. The van der Waals surface area contributed by atoms with Gasteiger partial charge in [-0.05, 0) is 17.5 Å². The van der Waals surface area contributed by atoms with Crippen molar-refractivity contribution in [3.8, 4) is 0 Å². The van der Waals surface area contributed by atoms with E-state index in [2.05, 4.69) is 0 Å². The minimum absolute atomic E-state index is 0.578. The fraction of sp³-hybridized carbons (Fsp3) is 0.400. The van der Waals surface area contributed by atoms with Crippen LogP contribution in [0.4, 0.5) is 8.78 Å². The molecule has 0 aliphatic heterocycles. The largest absolute Gasteiger partial charge is 0.221 e. The average Bonchev–Trinajstić information content (AvgIpc) is 2.16. The molecule has 78 valence electrons. The molecule has 1 aromatic rings. The highest BCUT2D eigenvalue weighted by molar-refractivity contribution is 8.01. The van der Waals surface area contributed by atoms with Crippen molar-refractivity contribution in [2.24, 2.45) is 0 Å². The maximum absolute atomic E-state index is 12.6. The van der Waals surface area contributed by atoms with Crippen LogP contribution in [0.2, 0.25) is 13.1 Å². The van der Waals surface area contributed by atoms with Gasteiger partial charge < -0.3 is 0 Å². The molecule has 0 fully saturated rings. The van der Waals surface area contributed by atoms with Gasteiger partial charge >= 0.3 is 0 Å². The van der Waals surface area contributed by atoms with Crippen molar-refractivity contribution in [2.75, 3.05) is 5.38 Å². The van der Waals surface area contributed by atoms with E-state index in [1.165, 1.54) is 11.8 Å². The summed E-state index contributed by atoms with van der Waals surface area (Å²) in [4.78, 5) is 1.08. The molecule has 4 heteroatoms. The quantitative estimate of drug-likeness (QED) is 0.561. The lowest BCUT2D eigenvalue weighted by Crippen LogP contribution is -2.39. The van der Waals surface area contributed by atoms with E-state index >= 15 is 0 Å². The first-order chi connectivity index (χ1) is 6.52. The number of hydrogen-bond donors (Lipinski definition) is 0. The Morgan fingerprint density at radius 1 is 1.21 bits per heavy atom. The Labute approximate surface area is 88.7 Å². The number of hydrogen-bond acceptors (Lipinski definition) is 1. The van der Waals surface area contributed by atoms with Crippen LogP contribution in [0.15, 0.2) is 35.2 Å². The predicted molar refractivity (Wildman–Crippen MR) is 60.7 cm³/mol. The standard InChI is InChI=1S/C10H14F2SSi/c1-14(2,10(11)12)8-13-9-6-4-3-5-7-9/h3-7,10H,8H2,1-2H3. The Morgan fingerprint density at radius 2 is 1.79 bits per heavy atom. The van der Waals surface area contributed by atoms with Crippen molar-refractivity contribution in [1.29, 1.82) is 0 Å². The van der Waals surface area contributed by atoms with Crippen molar-refractivity contribution >= 4 is 19.8 Å². The molecule has 0 amide bonds. The van der Waals surface area contributed by atoms with Gasteiger partial charge in [0, 0.05) is 4.90 Å². The van der Waals surface area contributed by atoms with E-state index in [-0.39, 0.29) is 0 Å². The summed E-state index contributed by atoms with van der Waals surface area (Å²) < 4.78 is 25.1. The van der Waals surface area contributed by atoms with Crippen LogP contribution in [0.25, 0.3) is 0 Å². The minimum Gasteiger partial charge on any atom is -0.216 e. The van der Waals surface area contributed by atoms with E-state index in [9.17, 15) is 8.78 Å². The monoisotopic (exact) mass is 232 g/mol. The fourth-order valence-electron chi connectivity index (χ4n) is 0.849. The molecular weight excluding hydrogens is 218 g/mol. The Kier molecular flexibility index (Phi) is 4.13. The molecule has 0 bridgehead atoms. The molecule has 0 N–H and O–H groups in total. The Hall–Kier alpha value is -0.353. The van der Waals surface area contributed by atoms with Gasteiger partial charge in [0.15, 0.2) is 0 Å². The number of benzene rings is 1. The van der Waals surface area contributed by atoms with Crippen molar-refractivity contribution in [3.05, 3.63) is 30.3 Å². The number of thioether (sulfide) groups is 1. The summed E-state index contributed by atoms with van der Waals surface area (Å²) in [6, 6.07) is 7.58. The van der Waals surface area contributed by atoms with Crippen molar-refractivity contribution in [3.63, 3.8) is 0 Å². The molecule has 0 atom stereocenters. The minimum atomic E-state index is -2.33. The third-order valence-electron chi connectivity index (χ3n) is 1.94. The van der Waals surface area contributed by atoms with Crippen molar-refractivity contribution < 1.29 is 8.78 Å². The summed E-state index contributed by atoms with van der Waals surface area (Å²) >= 11 is 1.54. The van der Waals surface area contributed by atoms with Crippen LogP contribution in [0.3, 0.4) is 0 Å². The summed E-state index contributed by atoms with van der Waals surface area (Å²) in [5.74, 6) is 0. The summed E-state index contributed by atoms with van der Waals surface area (Å²) in [5.41, 5.74) is 0. The summed E-state index contributed by atoms with van der Waals surface area (Å²) in [7, 11) is -2.33. The van der Waals surface area contributed by atoms with Gasteiger partial charge in [-0.1, -0.05) is 31.3 Å². The van der Waals surface area contributed by atoms with Gasteiger partial charge in [-0.15, -0.1) is 11.8 Å². The molecule has 14 heavy (non-hydrogen) atoms. The molecule has 0 saturated carbocycles. The topological polar surface area (TPSA) is 0 Å². The van der Waals surface area contributed by atoms with Crippen LogP contribution in [0, 0.1) is 0 Å². The average molecular weight is 232 g/mol. The highest BCUT2D eigenvalue weighted by Crippen LogP contribution is 2.24. The van der Waals surface area contributed by atoms with Crippen LogP contribution in [-0.4, -0.2) is 19.5 Å². The van der Waals surface area contributed by atoms with Crippen molar-refractivity contribution in [2.45, 2.75) is 24.0 Å². The van der Waals surface area contributed by atoms with Gasteiger partial charge in [0.1, 0.15) is 8.07 Å². The maximum atomic E-state index is 12.6. The number of rotatable bonds is 4. The van der Waals surface area contributed by atoms with Crippen LogP contribution in [0.5, 0.6) is 0 Å². The Bertz CT molecular complexity index is 275. The lowest BCUT2D eigenvalue weighted by atomic mass is 10.4. The normalized spacial score (nSPS) is 12.1. The smallest absolute Gasteiger partial charge is 0.216 e. The highest BCUT2D eigenvalue weighted by atomic mass is 32.2. The van der Waals surface area contributed by atoms with E-state index in [4.69, 9.17) is 0 Å². The van der Waals surface area contributed by atoms with E-state index in [0.29, 0.717) is 5.38 Å². The van der Waals surface area contributed by atoms with E-state index in [1.807, 2.05) is 30.3 Å². The lowest BCUT2D eigenvalue weighted by Gasteiger charge is -2.19. The summed E-state index contributed by atoms with van der Waals surface area (Å²) in [6.45, 7) is 3.46. The molecular formula is C10H14F2SSi. The summed E-state index contributed by atoms with van der Waals surface area (Å²) in [6.07, 6.45) is 0. The molecule has 0 unspecified atom stereocenters. The number of halogens is 2. The fourth-order valence-corrected chi connectivity index (χ4v) is 3.86. The molecule has 0 aliphatic carbocycles. The second kappa shape index (κ2) is 4.93. The van der Waals surface area contributed by atoms with Crippen LogP contribution in [-0.2, 0) is 0 Å². The molecule has 0 saturated heterocycles. The second-order valence-corrected chi connectivity index (χ2v) is 10.2. The van der Waals surface area contributed by atoms with Gasteiger partial charge in [0.25, 0.3) is 0 Å². The van der Waals surface area contributed by atoms with Gasteiger partial charge in [-0.25, -0.2) is 8.78 Å². The van der Waals surface area contributed by atoms with E-state index in [1.54, 1.807) is 13.1 Å².